The summed E-state index contributed by atoms with van der Waals surface area (Å²) in [5.74, 6) is 0.410. The van der Waals surface area contributed by atoms with Crippen LogP contribution in [0.15, 0.2) is 24.3 Å². The van der Waals surface area contributed by atoms with E-state index in [0.29, 0.717) is 17.9 Å². The molecule has 0 bridgehead atoms. The van der Waals surface area contributed by atoms with Crippen molar-refractivity contribution in [3.05, 3.63) is 29.8 Å². The van der Waals surface area contributed by atoms with Crippen molar-refractivity contribution in [1.29, 1.82) is 0 Å². The molecule has 0 saturated heterocycles. The van der Waals surface area contributed by atoms with E-state index in [-0.39, 0.29) is 5.75 Å². The van der Waals surface area contributed by atoms with Gasteiger partial charge in [-0.3, -0.25) is 0 Å². The van der Waals surface area contributed by atoms with Crippen LogP contribution in [0.1, 0.15) is 44.8 Å². The Morgan fingerprint density at radius 2 is 1.94 bits per heavy atom. The molecule has 18 heavy (non-hydrogen) atoms. The number of aliphatic hydroxyl groups excluding tert-OH is 1. The van der Waals surface area contributed by atoms with Crippen LogP contribution < -0.4 is 4.74 Å². The van der Waals surface area contributed by atoms with Crippen LogP contribution in [-0.2, 0) is 0 Å². The quantitative estimate of drug-likeness (QED) is 0.796. The molecule has 0 aliphatic carbocycles. The molecular formula is C14H20F2O2. The molecule has 0 radical (unpaired) electrons. The summed E-state index contributed by atoms with van der Waals surface area (Å²) in [6.45, 7) is 1.26. The molecule has 2 unspecified atom stereocenters. The van der Waals surface area contributed by atoms with Crippen LogP contribution in [0.2, 0.25) is 0 Å². The van der Waals surface area contributed by atoms with Crippen LogP contribution in [0.5, 0.6) is 5.75 Å². The minimum Gasteiger partial charge on any atom is -0.434 e. The average Bonchev–Trinajstić information content (AvgIpc) is 2.28. The lowest BCUT2D eigenvalue weighted by Gasteiger charge is -2.18. The molecule has 0 aromatic heterocycles. The van der Waals surface area contributed by atoms with E-state index < -0.39 is 12.7 Å². The number of hydrogen-bond acceptors (Lipinski definition) is 2. The van der Waals surface area contributed by atoms with Crippen molar-refractivity contribution in [2.45, 2.75) is 45.8 Å². The summed E-state index contributed by atoms with van der Waals surface area (Å²) in [5, 5.41) is 10.1. The number of benzene rings is 1. The maximum absolute atomic E-state index is 12.2. The number of alkyl halides is 2. The maximum Gasteiger partial charge on any atom is 0.387 e. The Labute approximate surface area is 107 Å². The molecule has 0 heterocycles. The Bertz CT molecular complexity index is 355. The van der Waals surface area contributed by atoms with Crippen LogP contribution in [0.25, 0.3) is 0 Å². The van der Waals surface area contributed by atoms with Crippen molar-refractivity contribution in [2.75, 3.05) is 0 Å². The molecule has 0 amide bonds. The summed E-state index contributed by atoms with van der Waals surface area (Å²) in [6, 6.07) is 6.40. The Morgan fingerprint density at radius 3 is 2.56 bits per heavy atom. The van der Waals surface area contributed by atoms with Gasteiger partial charge in [0.15, 0.2) is 0 Å². The summed E-state index contributed by atoms with van der Waals surface area (Å²) in [7, 11) is 0. The molecule has 0 aliphatic rings. The maximum atomic E-state index is 12.2. The number of rotatable bonds is 7. The standard InChI is InChI=1S/C14H20F2O2/c1-3-6-10(2)9-12(17)11-7-4-5-8-13(11)18-14(15)16/h4-5,7-8,10,12,14,17H,3,6,9H2,1-2H3. The number of halogens is 2. The van der Waals surface area contributed by atoms with E-state index >= 15 is 0 Å². The van der Waals surface area contributed by atoms with Gasteiger partial charge in [-0.25, -0.2) is 0 Å². The summed E-state index contributed by atoms with van der Waals surface area (Å²) in [6.07, 6.45) is 1.84. The molecule has 1 N–H and O–H groups in total. The Kier molecular flexibility index (Phi) is 6.05. The smallest absolute Gasteiger partial charge is 0.387 e. The highest BCUT2D eigenvalue weighted by Gasteiger charge is 2.17. The lowest BCUT2D eigenvalue weighted by atomic mass is 9.94. The van der Waals surface area contributed by atoms with Crippen molar-refractivity contribution in [3.63, 3.8) is 0 Å². The highest BCUT2D eigenvalue weighted by Crippen LogP contribution is 2.31. The molecule has 4 heteroatoms. The van der Waals surface area contributed by atoms with E-state index in [1.807, 2.05) is 6.92 Å². The molecule has 0 aliphatic heterocycles. The lowest BCUT2D eigenvalue weighted by molar-refractivity contribution is -0.0517. The van der Waals surface area contributed by atoms with Gasteiger partial charge in [0.2, 0.25) is 0 Å². The second kappa shape index (κ2) is 7.31. The first kappa shape index (κ1) is 14.9. The van der Waals surface area contributed by atoms with E-state index in [9.17, 15) is 13.9 Å². The third-order valence-corrected chi connectivity index (χ3v) is 2.90. The largest absolute Gasteiger partial charge is 0.434 e. The number of ether oxygens (including phenoxy) is 1. The molecule has 2 atom stereocenters. The molecule has 102 valence electrons. The van der Waals surface area contributed by atoms with Gasteiger partial charge in [0.05, 0.1) is 6.10 Å². The Morgan fingerprint density at radius 1 is 1.28 bits per heavy atom. The fourth-order valence-electron chi connectivity index (χ4n) is 2.08. The molecule has 0 fully saturated rings. The zero-order valence-electron chi connectivity index (χ0n) is 10.8. The minimum atomic E-state index is -2.87. The van der Waals surface area contributed by atoms with Crippen molar-refractivity contribution in [3.8, 4) is 5.75 Å². The second-order valence-corrected chi connectivity index (χ2v) is 4.56. The van der Waals surface area contributed by atoms with Crippen molar-refractivity contribution in [1.82, 2.24) is 0 Å². The number of hydrogen-bond donors (Lipinski definition) is 1. The van der Waals surface area contributed by atoms with Crippen LogP contribution >= 0.6 is 0 Å². The first-order valence-corrected chi connectivity index (χ1v) is 6.26. The van der Waals surface area contributed by atoms with Crippen LogP contribution in [0.3, 0.4) is 0 Å². The van der Waals surface area contributed by atoms with E-state index in [4.69, 9.17) is 0 Å². The summed E-state index contributed by atoms with van der Waals surface area (Å²) in [5.41, 5.74) is 0.431. The fourth-order valence-corrected chi connectivity index (χ4v) is 2.08. The first-order valence-electron chi connectivity index (χ1n) is 6.26. The second-order valence-electron chi connectivity index (χ2n) is 4.56. The van der Waals surface area contributed by atoms with Crippen LogP contribution in [0, 0.1) is 5.92 Å². The van der Waals surface area contributed by atoms with Crippen molar-refractivity contribution in [2.24, 2.45) is 5.92 Å². The van der Waals surface area contributed by atoms with Gasteiger partial charge in [-0.2, -0.15) is 8.78 Å². The Balaban J connectivity index is 2.74. The fraction of sp³-hybridized carbons (Fsp3) is 0.571. The number of aliphatic hydroxyl groups is 1. The van der Waals surface area contributed by atoms with Gasteiger partial charge in [-0.05, 0) is 18.4 Å². The van der Waals surface area contributed by atoms with Gasteiger partial charge >= 0.3 is 6.61 Å². The molecule has 1 aromatic carbocycles. The molecule has 2 nitrogen and oxygen atoms in total. The predicted molar refractivity (Wildman–Crippen MR) is 66.7 cm³/mol. The molecule has 0 spiro atoms. The van der Waals surface area contributed by atoms with Gasteiger partial charge in [0.1, 0.15) is 5.75 Å². The van der Waals surface area contributed by atoms with Crippen LogP contribution in [-0.4, -0.2) is 11.7 Å². The molecule has 1 rings (SSSR count). The van der Waals surface area contributed by atoms with Crippen molar-refractivity contribution < 1.29 is 18.6 Å². The zero-order chi connectivity index (χ0) is 13.5. The number of para-hydroxylation sites is 1. The van der Waals surface area contributed by atoms with E-state index in [0.717, 1.165) is 12.8 Å². The summed E-state index contributed by atoms with van der Waals surface area (Å²) >= 11 is 0. The third kappa shape index (κ3) is 4.61. The van der Waals surface area contributed by atoms with E-state index in [2.05, 4.69) is 11.7 Å². The minimum absolute atomic E-state index is 0.0590. The van der Waals surface area contributed by atoms with Crippen molar-refractivity contribution >= 4 is 0 Å². The van der Waals surface area contributed by atoms with E-state index in [1.54, 1.807) is 18.2 Å². The molecular weight excluding hydrogens is 238 g/mol. The normalized spacial score (nSPS) is 14.6. The topological polar surface area (TPSA) is 29.5 Å². The van der Waals surface area contributed by atoms with E-state index in [1.165, 1.54) is 6.07 Å². The zero-order valence-corrected chi connectivity index (χ0v) is 10.8. The van der Waals surface area contributed by atoms with Gasteiger partial charge < -0.3 is 9.84 Å². The van der Waals surface area contributed by atoms with Gasteiger partial charge in [0, 0.05) is 5.56 Å². The first-order chi connectivity index (χ1) is 8.54. The van der Waals surface area contributed by atoms with Crippen LogP contribution in [0.4, 0.5) is 8.78 Å². The SMILES string of the molecule is CCCC(C)CC(O)c1ccccc1OC(F)F. The average molecular weight is 258 g/mol. The Hall–Kier alpha value is -1.16. The predicted octanol–water partition coefficient (Wildman–Crippen LogP) is 4.15. The third-order valence-electron chi connectivity index (χ3n) is 2.90. The molecule has 1 aromatic rings. The van der Waals surface area contributed by atoms with Gasteiger partial charge in [-0.15, -0.1) is 0 Å². The summed E-state index contributed by atoms with van der Waals surface area (Å²) in [4.78, 5) is 0. The van der Waals surface area contributed by atoms with Gasteiger partial charge in [0.25, 0.3) is 0 Å². The van der Waals surface area contributed by atoms with Gasteiger partial charge in [-0.1, -0.05) is 44.9 Å². The monoisotopic (exact) mass is 258 g/mol. The highest BCUT2D eigenvalue weighted by atomic mass is 19.3. The summed E-state index contributed by atoms with van der Waals surface area (Å²) < 4.78 is 28.9. The lowest BCUT2D eigenvalue weighted by Crippen LogP contribution is -2.09. The molecule has 0 saturated carbocycles. The highest BCUT2D eigenvalue weighted by molar-refractivity contribution is 5.35.